The largest absolute Gasteiger partial charge is 0.389 e. The zero-order chi connectivity index (χ0) is 12.8. The molecule has 0 bridgehead atoms. The van der Waals surface area contributed by atoms with E-state index < -0.39 is 5.60 Å². The topological polar surface area (TPSA) is 66.2 Å². The van der Waals surface area contributed by atoms with Crippen molar-refractivity contribution in [2.75, 3.05) is 31.1 Å². The maximum atomic E-state index is 10.6. The summed E-state index contributed by atoms with van der Waals surface area (Å²) in [4.78, 5) is 6.71. The molecule has 0 saturated carbocycles. The molecule has 2 aliphatic rings. The van der Waals surface area contributed by atoms with Crippen LogP contribution in [0.25, 0.3) is 0 Å². The molecule has 18 heavy (non-hydrogen) atoms. The van der Waals surface area contributed by atoms with Crippen LogP contribution >= 0.6 is 0 Å². The average Bonchev–Trinajstić information content (AvgIpc) is 2.67. The first kappa shape index (κ1) is 11.9. The molecule has 2 aliphatic heterocycles. The molecule has 2 N–H and O–H groups in total. The highest BCUT2D eigenvalue weighted by Crippen LogP contribution is 2.34. The van der Waals surface area contributed by atoms with Crippen LogP contribution in [-0.2, 0) is 7.05 Å². The lowest BCUT2D eigenvalue weighted by atomic mass is 9.76. The van der Waals surface area contributed by atoms with Crippen LogP contribution < -0.4 is 10.2 Å². The summed E-state index contributed by atoms with van der Waals surface area (Å²) in [7, 11) is 1.93. The molecule has 3 heterocycles. The Morgan fingerprint density at radius 2 is 2.28 bits per heavy atom. The highest BCUT2D eigenvalue weighted by Gasteiger charge is 2.43. The second-order valence-corrected chi connectivity index (χ2v) is 5.53. The molecule has 0 aromatic carbocycles. The molecule has 3 rings (SSSR count). The molecule has 100 valence electrons. The first-order valence-electron chi connectivity index (χ1n) is 6.64. The van der Waals surface area contributed by atoms with Crippen molar-refractivity contribution >= 4 is 5.95 Å². The minimum absolute atomic E-state index is 0.289. The van der Waals surface area contributed by atoms with Crippen LogP contribution in [0, 0.1) is 12.8 Å². The summed E-state index contributed by atoms with van der Waals surface area (Å²) in [5, 5.41) is 18.3. The Morgan fingerprint density at radius 3 is 3.00 bits per heavy atom. The third-order valence-corrected chi connectivity index (χ3v) is 4.27. The SMILES string of the molecule is Cc1nc(N2CC[C@@]3(O)CCNC[C@H]3C2)n(C)n1. The van der Waals surface area contributed by atoms with E-state index >= 15 is 0 Å². The van der Waals surface area contributed by atoms with Crippen LogP contribution in [0.4, 0.5) is 5.95 Å². The lowest BCUT2D eigenvalue weighted by Gasteiger charge is -2.47. The van der Waals surface area contributed by atoms with Crippen molar-refractivity contribution in [3.8, 4) is 0 Å². The van der Waals surface area contributed by atoms with Gasteiger partial charge in [0.05, 0.1) is 5.60 Å². The van der Waals surface area contributed by atoms with Gasteiger partial charge in [-0.25, -0.2) is 4.68 Å². The van der Waals surface area contributed by atoms with Gasteiger partial charge in [-0.3, -0.25) is 0 Å². The Hall–Kier alpha value is -1.14. The number of rotatable bonds is 1. The first-order valence-corrected chi connectivity index (χ1v) is 6.64. The van der Waals surface area contributed by atoms with Gasteiger partial charge < -0.3 is 15.3 Å². The molecular weight excluding hydrogens is 230 g/mol. The summed E-state index contributed by atoms with van der Waals surface area (Å²) in [5.41, 5.74) is -0.477. The zero-order valence-corrected chi connectivity index (χ0v) is 11.1. The van der Waals surface area contributed by atoms with Crippen LogP contribution in [0.5, 0.6) is 0 Å². The molecule has 2 saturated heterocycles. The predicted octanol–water partition coefficient (Wildman–Crippen LogP) is -0.326. The molecule has 2 fully saturated rings. The summed E-state index contributed by atoms with van der Waals surface area (Å²) in [5.74, 6) is 2.01. The van der Waals surface area contributed by atoms with Gasteiger partial charge in [0, 0.05) is 32.6 Å². The number of nitrogens with zero attached hydrogens (tertiary/aromatic N) is 4. The van der Waals surface area contributed by atoms with E-state index in [1.807, 2.05) is 18.7 Å². The van der Waals surface area contributed by atoms with Gasteiger partial charge in [-0.05, 0) is 26.3 Å². The molecule has 6 nitrogen and oxygen atoms in total. The second-order valence-electron chi connectivity index (χ2n) is 5.53. The van der Waals surface area contributed by atoms with E-state index in [2.05, 4.69) is 20.3 Å². The van der Waals surface area contributed by atoms with Gasteiger partial charge in [-0.15, -0.1) is 0 Å². The number of fused-ring (bicyclic) bond motifs is 1. The maximum absolute atomic E-state index is 10.6. The molecule has 6 heteroatoms. The maximum Gasteiger partial charge on any atom is 0.223 e. The van der Waals surface area contributed by atoms with E-state index in [-0.39, 0.29) is 5.92 Å². The summed E-state index contributed by atoms with van der Waals surface area (Å²) in [6.07, 6.45) is 1.69. The predicted molar refractivity (Wildman–Crippen MR) is 68.5 cm³/mol. The fraction of sp³-hybridized carbons (Fsp3) is 0.833. The quantitative estimate of drug-likeness (QED) is 0.716. The minimum Gasteiger partial charge on any atom is -0.389 e. The van der Waals surface area contributed by atoms with E-state index in [0.717, 1.165) is 50.8 Å². The number of anilines is 1. The van der Waals surface area contributed by atoms with Crippen molar-refractivity contribution in [3.63, 3.8) is 0 Å². The summed E-state index contributed by atoms with van der Waals surface area (Å²) < 4.78 is 1.83. The first-order chi connectivity index (χ1) is 8.58. The summed E-state index contributed by atoms with van der Waals surface area (Å²) in [6, 6.07) is 0. The fourth-order valence-corrected chi connectivity index (χ4v) is 3.18. The number of aryl methyl sites for hydroxylation is 2. The molecule has 0 radical (unpaired) electrons. The molecular formula is C12H21N5O. The fourth-order valence-electron chi connectivity index (χ4n) is 3.18. The number of aromatic nitrogens is 3. The van der Waals surface area contributed by atoms with Crippen molar-refractivity contribution in [3.05, 3.63) is 5.82 Å². The number of nitrogens with one attached hydrogen (secondary N) is 1. The molecule has 0 amide bonds. The minimum atomic E-state index is -0.477. The van der Waals surface area contributed by atoms with Gasteiger partial charge in [0.1, 0.15) is 5.82 Å². The monoisotopic (exact) mass is 251 g/mol. The molecule has 1 aromatic heterocycles. The molecule has 0 aliphatic carbocycles. The van der Waals surface area contributed by atoms with Crippen molar-refractivity contribution < 1.29 is 5.11 Å². The van der Waals surface area contributed by atoms with Gasteiger partial charge in [-0.2, -0.15) is 10.1 Å². The van der Waals surface area contributed by atoms with Crippen molar-refractivity contribution in [1.29, 1.82) is 0 Å². The van der Waals surface area contributed by atoms with E-state index in [0.29, 0.717) is 0 Å². The normalized spacial score (nSPS) is 32.4. The van der Waals surface area contributed by atoms with Gasteiger partial charge >= 0.3 is 0 Å². The third kappa shape index (κ3) is 1.89. The molecule has 2 atom stereocenters. The smallest absolute Gasteiger partial charge is 0.223 e. The Labute approximate surface area is 107 Å². The Kier molecular flexibility index (Phi) is 2.79. The standard InChI is InChI=1S/C12H21N5O/c1-9-14-11(16(2)15-9)17-6-4-12(18)3-5-13-7-10(12)8-17/h10,13,18H,3-8H2,1-2H3/t10-,12-/m0/s1. The van der Waals surface area contributed by atoms with Crippen LogP contribution in [0.15, 0.2) is 0 Å². The van der Waals surface area contributed by atoms with Crippen molar-refractivity contribution in [2.45, 2.75) is 25.4 Å². The average molecular weight is 251 g/mol. The second kappa shape index (κ2) is 4.20. The van der Waals surface area contributed by atoms with Crippen molar-refractivity contribution in [2.24, 2.45) is 13.0 Å². The van der Waals surface area contributed by atoms with Gasteiger partial charge in [0.2, 0.25) is 5.95 Å². The van der Waals surface area contributed by atoms with E-state index in [1.165, 1.54) is 0 Å². The summed E-state index contributed by atoms with van der Waals surface area (Å²) in [6.45, 7) is 5.44. The van der Waals surface area contributed by atoms with Crippen LogP contribution in [-0.4, -0.2) is 51.7 Å². The molecule has 1 aromatic rings. The Bertz CT molecular complexity index is 446. The molecule has 0 spiro atoms. The summed E-state index contributed by atoms with van der Waals surface area (Å²) >= 11 is 0. The zero-order valence-electron chi connectivity index (χ0n) is 11.1. The van der Waals surface area contributed by atoms with E-state index in [4.69, 9.17) is 0 Å². The Morgan fingerprint density at radius 1 is 1.44 bits per heavy atom. The van der Waals surface area contributed by atoms with Gasteiger partial charge in [0.15, 0.2) is 0 Å². The number of hydrogen-bond donors (Lipinski definition) is 2. The lowest BCUT2D eigenvalue weighted by molar-refractivity contribution is -0.0541. The van der Waals surface area contributed by atoms with Crippen LogP contribution in [0.3, 0.4) is 0 Å². The van der Waals surface area contributed by atoms with E-state index in [1.54, 1.807) is 0 Å². The van der Waals surface area contributed by atoms with Crippen molar-refractivity contribution in [1.82, 2.24) is 20.1 Å². The highest BCUT2D eigenvalue weighted by molar-refractivity contribution is 5.32. The third-order valence-electron chi connectivity index (χ3n) is 4.27. The number of aliphatic hydroxyl groups is 1. The number of piperidine rings is 2. The Balaban J connectivity index is 1.79. The van der Waals surface area contributed by atoms with Gasteiger partial charge in [0.25, 0.3) is 0 Å². The van der Waals surface area contributed by atoms with Gasteiger partial charge in [-0.1, -0.05) is 0 Å². The van der Waals surface area contributed by atoms with Crippen LogP contribution in [0.1, 0.15) is 18.7 Å². The highest BCUT2D eigenvalue weighted by atomic mass is 16.3. The van der Waals surface area contributed by atoms with E-state index in [9.17, 15) is 5.11 Å². The lowest BCUT2D eigenvalue weighted by Crippen LogP contribution is -2.59. The molecule has 0 unspecified atom stereocenters. The van der Waals surface area contributed by atoms with Crippen LogP contribution in [0.2, 0.25) is 0 Å². The number of hydrogen-bond acceptors (Lipinski definition) is 5.